The lowest BCUT2D eigenvalue weighted by atomic mass is 10.1. The van der Waals surface area contributed by atoms with E-state index in [1.165, 1.54) is 0 Å². The monoisotopic (exact) mass is 492 g/mol. The van der Waals surface area contributed by atoms with E-state index in [9.17, 15) is 18.0 Å². The maximum Gasteiger partial charge on any atom is 0.354 e. The molecule has 0 saturated carbocycles. The lowest BCUT2D eigenvalue weighted by Crippen LogP contribution is -2.49. The first-order valence-corrected chi connectivity index (χ1v) is 12.3. The molecule has 0 bridgehead atoms. The van der Waals surface area contributed by atoms with Crippen LogP contribution in [0, 0.1) is 6.42 Å². The molecule has 177 valence electrons. The van der Waals surface area contributed by atoms with E-state index in [1.54, 1.807) is 47.7 Å². The number of piperazine rings is 1. The van der Waals surface area contributed by atoms with Crippen LogP contribution in [-0.2, 0) is 21.2 Å². The van der Waals surface area contributed by atoms with Gasteiger partial charge in [0.15, 0.2) is 0 Å². The molecule has 9 nitrogen and oxygen atoms in total. The quantitative estimate of drug-likeness (QED) is 0.575. The number of hydrogen-bond donors (Lipinski definition) is 2. The highest BCUT2D eigenvalue weighted by Crippen LogP contribution is 2.32. The summed E-state index contributed by atoms with van der Waals surface area (Å²) in [7, 11) is -4.39. The summed E-state index contributed by atoms with van der Waals surface area (Å²) in [5, 5.41) is -0.785. The second kappa shape index (κ2) is 10.9. The molecule has 0 atom stereocenters. The second-order valence-corrected chi connectivity index (χ2v) is 9.75. The number of nitrogens with zero attached hydrogens (tertiary/aromatic N) is 3. The summed E-state index contributed by atoms with van der Waals surface area (Å²) in [5.74, 6) is -0.0565. The number of sulfonamides is 1. The summed E-state index contributed by atoms with van der Waals surface area (Å²) in [4.78, 5) is 27.9. The van der Waals surface area contributed by atoms with E-state index in [4.69, 9.17) is 23.1 Å². The number of amides is 2. The van der Waals surface area contributed by atoms with E-state index >= 15 is 0 Å². The molecule has 2 amide bonds. The molecule has 33 heavy (non-hydrogen) atoms. The van der Waals surface area contributed by atoms with Crippen LogP contribution < -0.4 is 20.7 Å². The summed E-state index contributed by atoms with van der Waals surface area (Å²) in [6.45, 7) is 1.90. The fourth-order valence-electron chi connectivity index (χ4n) is 3.66. The van der Waals surface area contributed by atoms with Gasteiger partial charge >= 0.3 is 15.3 Å². The Hall–Kier alpha value is -2.82. The average molecular weight is 493 g/mol. The van der Waals surface area contributed by atoms with Gasteiger partial charge in [0.1, 0.15) is 0 Å². The number of benzene rings is 2. The molecule has 1 saturated heterocycles. The van der Waals surface area contributed by atoms with Crippen LogP contribution in [0.4, 0.5) is 16.2 Å². The molecule has 0 unspecified atom stereocenters. The van der Waals surface area contributed by atoms with E-state index in [-0.39, 0.29) is 19.0 Å². The number of carbonyl (C=O) groups excluding carboxylic acids is 2. The number of rotatable bonds is 8. The van der Waals surface area contributed by atoms with Crippen molar-refractivity contribution in [1.29, 1.82) is 0 Å². The van der Waals surface area contributed by atoms with Crippen molar-refractivity contribution in [2.24, 2.45) is 11.5 Å². The zero-order valence-corrected chi connectivity index (χ0v) is 19.6. The summed E-state index contributed by atoms with van der Waals surface area (Å²) in [6.07, 6.45) is 2.16. The van der Waals surface area contributed by atoms with Crippen LogP contribution in [0.5, 0.6) is 0 Å². The van der Waals surface area contributed by atoms with E-state index in [0.717, 1.165) is 9.87 Å². The maximum atomic E-state index is 12.6. The van der Waals surface area contributed by atoms with Crippen molar-refractivity contribution in [3.8, 4) is 0 Å². The highest BCUT2D eigenvalue weighted by atomic mass is 35.5. The van der Waals surface area contributed by atoms with Gasteiger partial charge in [0.2, 0.25) is 5.91 Å². The van der Waals surface area contributed by atoms with Crippen LogP contribution in [0.25, 0.3) is 0 Å². The van der Waals surface area contributed by atoms with Gasteiger partial charge in [-0.1, -0.05) is 35.9 Å². The highest BCUT2D eigenvalue weighted by Gasteiger charge is 2.31. The standard InChI is InChI=1S/C22H27ClN5O4S/c23-18-8-5-17(6-9-18)7-10-21(29)27-15-13-26(14-16-27)19-3-1-2-4-20(19)28(12-11-24)33(31,32)22(25)30/h1-6,8-10H,7,11-16,24H2,(H2,25,30). The van der Waals surface area contributed by atoms with Crippen molar-refractivity contribution in [3.05, 3.63) is 65.5 Å². The molecule has 1 fully saturated rings. The summed E-state index contributed by atoms with van der Waals surface area (Å²) in [6, 6.07) is 14.2. The van der Waals surface area contributed by atoms with Crippen molar-refractivity contribution < 1.29 is 18.0 Å². The van der Waals surface area contributed by atoms with Crippen LogP contribution in [0.15, 0.2) is 48.5 Å². The van der Waals surface area contributed by atoms with Gasteiger partial charge in [-0.15, -0.1) is 0 Å². The lowest BCUT2D eigenvalue weighted by Gasteiger charge is -2.38. The molecule has 1 aliphatic heterocycles. The molecule has 4 N–H and O–H groups in total. The van der Waals surface area contributed by atoms with Gasteiger partial charge in [0.05, 0.1) is 17.8 Å². The Bertz CT molecular complexity index is 1090. The third-order valence-electron chi connectivity index (χ3n) is 5.38. The van der Waals surface area contributed by atoms with Gasteiger partial charge in [-0.25, -0.2) is 0 Å². The van der Waals surface area contributed by atoms with Crippen molar-refractivity contribution in [2.75, 3.05) is 48.5 Å². The first-order valence-electron chi connectivity index (χ1n) is 10.5. The number of primary amides is 1. The smallest absolute Gasteiger partial charge is 0.354 e. The van der Waals surface area contributed by atoms with Crippen molar-refractivity contribution in [1.82, 2.24) is 4.90 Å². The molecule has 11 heteroatoms. The Kier molecular flexibility index (Phi) is 8.17. The van der Waals surface area contributed by atoms with Gasteiger partial charge in [-0.2, -0.15) is 8.42 Å². The van der Waals surface area contributed by atoms with Gasteiger partial charge in [0.25, 0.3) is 0 Å². The molecule has 0 spiro atoms. The molecule has 0 aliphatic carbocycles. The predicted molar refractivity (Wildman–Crippen MR) is 130 cm³/mol. The third-order valence-corrected chi connectivity index (χ3v) is 7.10. The summed E-state index contributed by atoms with van der Waals surface area (Å²) in [5.41, 5.74) is 12.7. The van der Waals surface area contributed by atoms with Crippen LogP contribution in [0.2, 0.25) is 5.02 Å². The van der Waals surface area contributed by atoms with Crippen molar-refractivity contribution in [3.63, 3.8) is 0 Å². The predicted octanol–water partition coefficient (Wildman–Crippen LogP) is 1.61. The molecular formula is C22H27ClN5O4S. The zero-order chi connectivity index (χ0) is 24.0. The minimum atomic E-state index is -4.39. The van der Waals surface area contributed by atoms with Crippen molar-refractivity contribution >= 4 is 44.1 Å². The Labute approximate surface area is 198 Å². The van der Waals surface area contributed by atoms with Gasteiger partial charge in [-0.05, 0) is 36.2 Å². The topological polar surface area (TPSA) is 130 Å². The first-order chi connectivity index (χ1) is 15.7. The zero-order valence-electron chi connectivity index (χ0n) is 18.1. The number of nitrogens with two attached hydrogens (primary N) is 2. The molecule has 3 rings (SSSR count). The van der Waals surface area contributed by atoms with Crippen LogP contribution >= 0.6 is 11.6 Å². The molecular weight excluding hydrogens is 466 g/mol. The van der Waals surface area contributed by atoms with Gasteiger partial charge < -0.3 is 21.3 Å². The van der Waals surface area contributed by atoms with Crippen LogP contribution in [0.3, 0.4) is 0 Å². The normalized spacial score (nSPS) is 14.2. The molecule has 1 aliphatic rings. The fourth-order valence-corrected chi connectivity index (χ4v) is 4.76. The third kappa shape index (κ3) is 5.95. The highest BCUT2D eigenvalue weighted by molar-refractivity contribution is 8.07. The maximum absolute atomic E-state index is 12.6. The van der Waals surface area contributed by atoms with E-state index < -0.39 is 15.3 Å². The van der Waals surface area contributed by atoms with E-state index in [2.05, 4.69) is 0 Å². The number of carbonyl (C=O) groups is 2. The minimum absolute atomic E-state index is 0.0204. The average Bonchev–Trinajstić information content (AvgIpc) is 2.82. The molecule has 2 aromatic carbocycles. The Balaban J connectivity index is 1.67. The molecule has 0 aromatic heterocycles. The van der Waals surface area contributed by atoms with E-state index in [0.29, 0.717) is 49.0 Å². The Morgan fingerprint density at radius 1 is 1.03 bits per heavy atom. The lowest BCUT2D eigenvalue weighted by molar-refractivity contribution is -0.127. The first kappa shape index (κ1) is 24.8. The van der Waals surface area contributed by atoms with Gasteiger partial charge in [0, 0.05) is 44.3 Å². The number of halogens is 1. The SMILES string of the molecule is NCCN(c1ccccc1N1CCN(C(=O)[CH]Cc2ccc(Cl)cc2)CC1)S(=O)(=O)C(N)=O. The van der Waals surface area contributed by atoms with Crippen LogP contribution in [-0.4, -0.2) is 63.7 Å². The van der Waals surface area contributed by atoms with Crippen LogP contribution in [0.1, 0.15) is 5.56 Å². The second-order valence-electron chi connectivity index (χ2n) is 7.52. The fraction of sp³-hybridized carbons (Fsp3) is 0.318. The summed E-state index contributed by atoms with van der Waals surface area (Å²) < 4.78 is 26.0. The Morgan fingerprint density at radius 2 is 1.67 bits per heavy atom. The number of anilines is 2. The van der Waals surface area contributed by atoms with Crippen molar-refractivity contribution in [2.45, 2.75) is 6.42 Å². The Morgan fingerprint density at radius 3 is 2.27 bits per heavy atom. The van der Waals surface area contributed by atoms with Gasteiger partial charge in [-0.3, -0.25) is 13.9 Å². The molecule has 1 radical (unpaired) electrons. The number of hydrogen-bond acceptors (Lipinski definition) is 6. The van der Waals surface area contributed by atoms with E-state index in [1.807, 2.05) is 17.0 Å². The minimum Gasteiger partial charge on any atom is -0.366 e. The molecule has 1 heterocycles. The number of para-hydroxylation sites is 2. The largest absolute Gasteiger partial charge is 0.366 e. The molecule has 2 aromatic rings. The summed E-state index contributed by atoms with van der Waals surface area (Å²) >= 11 is 5.89.